The summed E-state index contributed by atoms with van der Waals surface area (Å²) in [5.74, 6) is 0.310. The number of aromatic nitrogens is 2. The van der Waals surface area contributed by atoms with Crippen LogP contribution >= 0.6 is 0 Å². The lowest BCUT2D eigenvalue weighted by Gasteiger charge is -2.08. The molecule has 4 rings (SSSR count). The number of nitrogens with zero attached hydrogens (tertiary/aromatic N) is 2. The second-order valence-corrected chi connectivity index (χ2v) is 7.22. The molecule has 2 N–H and O–H groups in total. The van der Waals surface area contributed by atoms with E-state index < -0.39 is 11.7 Å². The van der Waals surface area contributed by atoms with Crippen LogP contribution in [-0.4, -0.2) is 20.6 Å². The highest BCUT2D eigenvalue weighted by Gasteiger charge is 2.14. The van der Waals surface area contributed by atoms with Gasteiger partial charge in [0.1, 0.15) is 17.5 Å². The highest BCUT2D eigenvalue weighted by atomic mass is 16.4. The number of carbonyl (C=O) groups is 1. The number of amides is 1. The molecule has 7 heteroatoms. The first-order valence-corrected chi connectivity index (χ1v) is 9.29. The summed E-state index contributed by atoms with van der Waals surface area (Å²) in [5, 5.41) is 13.4. The van der Waals surface area contributed by atoms with E-state index in [2.05, 4.69) is 10.3 Å². The van der Waals surface area contributed by atoms with Crippen LogP contribution in [0.15, 0.2) is 51.7 Å². The molecule has 0 saturated heterocycles. The molecule has 0 aliphatic rings. The minimum absolute atomic E-state index is 0.0460. The maximum Gasteiger partial charge on any atom is 0.336 e. The molecule has 2 heterocycles. The summed E-state index contributed by atoms with van der Waals surface area (Å²) in [5.41, 5.74) is 3.73. The Balaban J connectivity index is 1.60. The summed E-state index contributed by atoms with van der Waals surface area (Å²) in [6, 6.07) is 12.3. The second kappa shape index (κ2) is 7.18. The van der Waals surface area contributed by atoms with Crippen molar-refractivity contribution in [3.8, 4) is 0 Å². The number of hydrogen-bond donors (Lipinski definition) is 2. The van der Waals surface area contributed by atoms with Crippen molar-refractivity contribution < 1.29 is 14.3 Å². The Labute approximate surface area is 166 Å². The molecule has 0 aliphatic carbocycles. The van der Waals surface area contributed by atoms with Gasteiger partial charge in [0.15, 0.2) is 0 Å². The van der Waals surface area contributed by atoms with Gasteiger partial charge in [-0.2, -0.15) is 0 Å². The molecule has 1 atom stereocenters. The molecule has 2 aromatic heterocycles. The number of rotatable bonds is 4. The third kappa shape index (κ3) is 3.64. The van der Waals surface area contributed by atoms with E-state index in [-0.39, 0.29) is 12.3 Å². The smallest absolute Gasteiger partial charge is 0.336 e. The van der Waals surface area contributed by atoms with Crippen LogP contribution in [0.2, 0.25) is 0 Å². The predicted octanol–water partition coefficient (Wildman–Crippen LogP) is 3.22. The number of aryl methyl sites for hydroxylation is 2. The maximum absolute atomic E-state index is 12.6. The first-order valence-electron chi connectivity index (χ1n) is 9.29. The van der Waals surface area contributed by atoms with Crippen molar-refractivity contribution in [1.29, 1.82) is 0 Å². The third-order valence-corrected chi connectivity index (χ3v) is 4.91. The number of anilines is 1. The first kappa shape index (κ1) is 18.9. The summed E-state index contributed by atoms with van der Waals surface area (Å²) in [6.45, 7) is 3.57. The van der Waals surface area contributed by atoms with Gasteiger partial charge in [-0.05, 0) is 49.2 Å². The fraction of sp³-hybridized carbons (Fsp3) is 0.227. The molecule has 0 radical (unpaired) electrons. The lowest BCUT2D eigenvalue weighted by molar-refractivity contribution is -0.115. The Morgan fingerprint density at radius 1 is 1.24 bits per heavy atom. The van der Waals surface area contributed by atoms with E-state index in [9.17, 15) is 14.7 Å². The van der Waals surface area contributed by atoms with Crippen LogP contribution in [-0.2, 0) is 18.3 Å². The fourth-order valence-corrected chi connectivity index (χ4v) is 3.53. The number of carbonyl (C=O) groups excluding carboxylic acids is 1. The minimum Gasteiger partial charge on any atom is -0.423 e. The molecule has 0 fully saturated rings. The Hall–Kier alpha value is -3.45. The van der Waals surface area contributed by atoms with Gasteiger partial charge in [0, 0.05) is 24.2 Å². The SMILES string of the molecule is Cc1ccc2c(CC(=O)Nc3ccc4c(c3)nc(C(C)O)n4C)cc(=O)oc2c1. The Morgan fingerprint density at radius 3 is 2.79 bits per heavy atom. The number of aliphatic hydroxyl groups is 1. The summed E-state index contributed by atoms with van der Waals surface area (Å²) in [4.78, 5) is 28.9. The number of benzene rings is 2. The lowest BCUT2D eigenvalue weighted by Crippen LogP contribution is -2.15. The van der Waals surface area contributed by atoms with Crippen molar-refractivity contribution in [3.63, 3.8) is 0 Å². The Bertz CT molecular complexity index is 1300. The standard InChI is InChI=1S/C22H21N3O4/c1-12-4-6-16-14(10-21(28)29-19(16)8-12)9-20(27)23-15-5-7-18-17(11-15)24-22(13(2)26)25(18)3/h4-8,10-11,13,26H,9H2,1-3H3,(H,23,27). The van der Waals surface area contributed by atoms with Crippen molar-refractivity contribution in [3.05, 3.63) is 69.8 Å². The van der Waals surface area contributed by atoms with E-state index in [0.717, 1.165) is 16.5 Å². The molecule has 7 nitrogen and oxygen atoms in total. The molecule has 0 saturated carbocycles. The van der Waals surface area contributed by atoms with E-state index in [1.807, 2.05) is 36.7 Å². The van der Waals surface area contributed by atoms with Crippen LogP contribution in [0.1, 0.15) is 30.0 Å². The average Bonchev–Trinajstić information content (AvgIpc) is 2.97. The Morgan fingerprint density at radius 2 is 2.03 bits per heavy atom. The van der Waals surface area contributed by atoms with Crippen molar-refractivity contribution in [2.45, 2.75) is 26.4 Å². The van der Waals surface area contributed by atoms with Crippen LogP contribution in [0.25, 0.3) is 22.0 Å². The molecule has 1 amide bonds. The van der Waals surface area contributed by atoms with Crippen LogP contribution in [0, 0.1) is 6.92 Å². The summed E-state index contributed by atoms with van der Waals surface area (Å²) in [6.07, 6.45) is -0.642. The molecule has 2 aromatic carbocycles. The normalized spacial score (nSPS) is 12.4. The zero-order chi connectivity index (χ0) is 20.7. The van der Waals surface area contributed by atoms with Gasteiger partial charge in [0.2, 0.25) is 5.91 Å². The van der Waals surface area contributed by atoms with E-state index >= 15 is 0 Å². The van der Waals surface area contributed by atoms with Gasteiger partial charge < -0.3 is 19.4 Å². The average molecular weight is 391 g/mol. The molecule has 4 aromatic rings. The number of hydrogen-bond acceptors (Lipinski definition) is 5. The third-order valence-electron chi connectivity index (χ3n) is 4.91. The number of imidazole rings is 1. The zero-order valence-corrected chi connectivity index (χ0v) is 16.4. The van der Waals surface area contributed by atoms with Gasteiger partial charge in [0.25, 0.3) is 0 Å². The van der Waals surface area contributed by atoms with Gasteiger partial charge in [-0.15, -0.1) is 0 Å². The van der Waals surface area contributed by atoms with Crippen molar-refractivity contribution in [2.75, 3.05) is 5.32 Å². The minimum atomic E-state index is -0.688. The van der Waals surface area contributed by atoms with E-state index in [1.165, 1.54) is 6.07 Å². The molecule has 29 heavy (non-hydrogen) atoms. The largest absolute Gasteiger partial charge is 0.423 e. The lowest BCUT2D eigenvalue weighted by atomic mass is 10.1. The number of nitrogens with one attached hydrogen (secondary N) is 1. The van der Waals surface area contributed by atoms with Crippen molar-refractivity contribution in [2.24, 2.45) is 7.05 Å². The van der Waals surface area contributed by atoms with Crippen molar-refractivity contribution >= 4 is 33.6 Å². The number of fused-ring (bicyclic) bond motifs is 2. The van der Waals surface area contributed by atoms with Gasteiger partial charge in [-0.25, -0.2) is 9.78 Å². The number of aliphatic hydroxyl groups excluding tert-OH is 1. The first-order chi connectivity index (χ1) is 13.8. The molecule has 148 valence electrons. The van der Waals surface area contributed by atoms with Crippen LogP contribution in [0.4, 0.5) is 5.69 Å². The van der Waals surface area contributed by atoms with Crippen LogP contribution in [0.3, 0.4) is 0 Å². The van der Waals surface area contributed by atoms with E-state index in [4.69, 9.17) is 4.42 Å². The summed E-state index contributed by atoms with van der Waals surface area (Å²) >= 11 is 0. The fourth-order valence-electron chi connectivity index (χ4n) is 3.53. The maximum atomic E-state index is 12.6. The highest BCUT2D eigenvalue weighted by molar-refractivity contribution is 5.96. The quantitative estimate of drug-likeness (QED) is 0.521. The molecule has 0 aliphatic heterocycles. The Kier molecular flexibility index (Phi) is 4.68. The summed E-state index contributed by atoms with van der Waals surface area (Å²) < 4.78 is 7.07. The van der Waals surface area contributed by atoms with Gasteiger partial charge >= 0.3 is 5.63 Å². The summed E-state index contributed by atoms with van der Waals surface area (Å²) in [7, 11) is 1.84. The van der Waals surface area contributed by atoms with Gasteiger partial charge in [0.05, 0.1) is 17.5 Å². The van der Waals surface area contributed by atoms with Crippen molar-refractivity contribution in [1.82, 2.24) is 9.55 Å². The molecular formula is C22H21N3O4. The van der Waals surface area contributed by atoms with Gasteiger partial charge in [-0.1, -0.05) is 12.1 Å². The van der Waals surface area contributed by atoms with E-state index in [1.54, 1.807) is 25.1 Å². The van der Waals surface area contributed by atoms with Gasteiger partial charge in [-0.3, -0.25) is 4.79 Å². The molecule has 1 unspecified atom stereocenters. The van der Waals surface area contributed by atoms with Crippen LogP contribution in [0.5, 0.6) is 0 Å². The molecular weight excluding hydrogens is 370 g/mol. The monoisotopic (exact) mass is 391 g/mol. The predicted molar refractivity (Wildman–Crippen MR) is 111 cm³/mol. The van der Waals surface area contributed by atoms with Crippen LogP contribution < -0.4 is 10.9 Å². The molecule has 0 spiro atoms. The highest BCUT2D eigenvalue weighted by Crippen LogP contribution is 2.23. The molecule has 0 bridgehead atoms. The zero-order valence-electron chi connectivity index (χ0n) is 16.4. The van der Waals surface area contributed by atoms with E-state index in [0.29, 0.717) is 28.2 Å². The second-order valence-electron chi connectivity index (χ2n) is 7.22. The topological polar surface area (TPSA) is 97.4 Å².